The minimum absolute atomic E-state index is 0.0141. The van der Waals surface area contributed by atoms with Gasteiger partial charge in [-0.05, 0) is 61.2 Å². The van der Waals surface area contributed by atoms with Crippen molar-refractivity contribution >= 4 is 68.4 Å². The number of nitrogens with zero attached hydrogens (tertiary/aromatic N) is 2. The zero-order valence-corrected chi connectivity index (χ0v) is 26.0. The van der Waals surface area contributed by atoms with Crippen LogP contribution in [0, 0.1) is 5.41 Å². The van der Waals surface area contributed by atoms with Crippen molar-refractivity contribution < 1.29 is 22.8 Å². The van der Waals surface area contributed by atoms with Crippen LogP contribution in [0.4, 0.5) is 10.5 Å². The van der Waals surface area contributed by atoms with Gasteiger partial charge < -0.3 is 20.4 Å². The quantitative estimate of drug-likeness (QED) is 0.413. The SMILES string of the molecule is C[C@H](NS(=O)(=O)c1cc(Cl)ccc1Cl)C(=O)N1C[C@@H]2C[C@H]1CN2C(=O)[C@@H](NC(=O)Nc1ccc(Cl)cc1)C(C)(C)C. The highest BCUT2D eigenvalue weighted by atomic mass is 35.5. The summed E-state index contributed by atoms with van der Waals surface area (Å²) < 4.78 is 28.2. The molecule has 3 N–H and O–H groups in total. The van der Waals surface area contributed by atoms with Crippen molar-refractivity contribution in [3.8, 4) is 0 Å². The van der Waals surface area contributed by atoms with Crippen LogP contribution in [-0.4, -0.2) is 73.3 Å². The molecule has 0 aromatic heterocycles. The number of piperazine rings is 1. The minimum atomic E-state index is -4.12. The molecule has 222 valence electrons. The van der Waals surface area contributed by atoms with Crippen molar-refractivity contribution in [2.75, 3.05) is 18.4 Å². The first-order valence-corrected chi connectivity index (χ1v) is 15.6. The lowest BCUT2D eigenvalue weighted by Gasteiger charge is -2.39. The largest absolute Gasteiger partial charge is 0.334 e. The summed E-state index contributed by atoms with van der Waals surface area (Å²) in [5.74, 6) is -0.646. The monoisotopic (exact) mass is 643 g/mol. The Morgan fingerprint density at radius 2 is 1.46 bits per heavy atom. The summed E-state index contributed by atoms with van der Waals surface area (Å²) in [6, 6.07) is 7.72. The van der Waals surface area contributed by atoms with Gasteiger partial charge in [-0.2, -0.15) is 4.72 Å². The zero-order valence-electron chi connectivity index (χ0n) is 22.9. The number of urea groups is 1. The molecule has 0 spiro atoms. The molecule has 2 fully saturated rings. The molecule has 0 aliphatic carbocycles. The number of sulfonamides is 1. The number of halogens is 3. The molecule has 2 bridgehead atoms. The normalized spacial score (nSPS) is 20.1. The van der Waals surface area contributed by atoms with Crippen LogP contribution < -0.4 is 15.4 Å². The van der Waals surface area contributed by atoms with Gasteiger partial charge in [-0.25, -0.2) is 13.2 Å². The molecule has 2 aliphatic heterocycles. The number of amides is 4. The minimum Gasteiger partial charge on any atom is -0.334 e. The highest BCUT2D eigenvalue weighted by Crippen LogP contribution is 2.34. The number of hydrogen-bond acceptors (Lipinski definition) is 5. The van der Waals surface area contributed by atoms with Gasteiger partial charge >= 0.3 is 6.03 Å². The predicted octanol–water partition coefficient (Wildman–Crippen LogP) is 4.36. The summed E-state index contributed by atoms with van der Waals surface area (Å²) in [5, 5.41) is 6.24. The summed E-state index contributed by atoms with van der Waals surface area (Å²) in [6.45, 7) is 7.59. The summed E-state index contributed by atoms with van der Waals surface area (Å²) in [7, 11) is -4.12. The molecule has 2 aromatic rings. The third-order valence-corrected chi connectivity index (χ3v) is 9.69. The second-order valence-corrected chi connectivity index (χ2v) is 14.3. The summed E-state index contributed by atoms with van der Waals surface area (Å²) in [4.78, 5) is 42.8. The maximum Gasteiger partial charge on any atom is 0.319 e. The Morgan fingerprint density at radius 1 is 0.902 bits per heavy atom. The van der Waals surface area contributed by atoms with Crippen molar-refractivity contribution in [1.82, 2.24) is 19.8 Å². The van der Waals surface area contributed by atoms with E-state index in [-0.39, 0.29) is 46.0 Å². The maximum atomic E-state index is 13.7. The van der Waals surface area contributed by atoms with Crippen molar-refractivity contribution in [2.45, 2.75) is 63.2 Å². The molecule has 0 unspecified atom stereocenters. The van der Waals surface area contributed by atoms with E-state index in [0.717, 1.165) is 0 Å². The van der Waals surface area contributed by atoms with Crippen LogP contribution in [0.15, 0.2) is 47.4 Å². The Kier molecular flexibility index (Phi) is 9.15. The molecule has 4 atom stereocenters. The molecule has 2 saturated heterocycles. The topological polar surface area (TPSA) is 128 Å². The van der Waals surface area contributed by atoms with Crippen molar-refractivity contribution in [3.05, 3.63) is 57.5 Å². The molecule has 4 rings (SSSR count). The Balaban J connectivity index is 1.39. The van der Waals surface area contributed by atoms with E-state index in [1.807, 2.05) is 20.8 Å². The van der Waals surface area contributed by atoms with E-state index in [1.54, 1.807) is 34.1 Å². The molecule has 41 heavy (non-hydrogen) atoms. The second-order valence-electron chi connectivity index (χ2n) is 11.3. The number of fused-ring (bicyclic) bond motifs is 2. The van der Waals surface area contributed by atoms with Gasteiger partial charge in [-0.3, -0.25) is 9.59 Å². The van der Waals surface area contributed by atoms with Gasteiger partial charge in [-0.15, -0.1) is 0 Å². The third-order valence-electron chi connectivity index (χ3n) is 7.18. The Morgan fingerprint density at radius 3 is 2.02 bits per heavy atom. The summed E-state index contributed by atoms with van der Waals surface area (Å²) >= 11 is 17.9. The van der Waals surface area contributed by atoms with Crippen LogP contribution in [-0.2, 0) is 19.6 Å². The fourth-order valence-electron chi connectivity index (χ4n) is 5.13. The van der Waals surface area contributed by atoms with Gasteiger partial charge in [0.15, 0.2) is 0 Å². The molecule has 2 heterocycles. The lowest BCUT2D eigenvalue weighted by Crippen LogP contribution is -2.60. The van der Waals surface area contributed by atoms with Gasteiger partial charge in [0.2, 0.25) is 21.8 Å². The standard InChI is InChI=1S/C27H32Cl3N5O5S/c1-15(33-41(39,40)22-11-17(29)7-10-21(22)30)24(36)34-13-20-12-19(34)14-35(20)25(37)23(27(2,3)4)32-26(38)31-18-8-5-16(28)6-9-18/h5-11,15,19-20,23,33H,12-14H2,1-4H3,(H2,31,32,38)/t15-,19-,20-,23+/m0/s1. The van der Waals surface area contributed by atoms with Gasteiger partial charge in [0.05, 0.1) is 23.1 Å². The number of carbonyl (C=O) groups is 3. The fraction of sp³-hybridized carbons (Fsp3) is 0.444. The lowest BCUT2D eigenvalue weighted by atomic mass is 9.85. The maximum absolute atomic E-state index is 13.7. The lowest BCUT2D eigenvalue weighted by molar-refractivity contribution is -0.143. The molecule has 4 amide bonds. The van der Waals surface area contributed by atoms with Crippen molar-refractivity contribution in [1.29, 1.82) is 0 Å². The van der Waals surface area contributed by atoms with E-state index in [2.05, 4.69) is 15.4 Å². The molecule has 2 aromatic carbocycles. The van der Waals surface area contributed by atoms with Gasteiger partial charge in [0.25, 0.3) is 0 Å². The predicted molar refractivity (Wildman–Crippen MR) is 159 cm³/mol. The van der Waals surface area contributed by atoms with Crippen LogP contribution in [0.3, 0.4) is 0 Å². The van der Waals surface area contributed by atoms with E-state index in [0.29, 0.717) is 17.1 Å². The summed E-state index contributed by atoms with van der Waals surface area (Å²) in [6.07, 6.45) is 0.560. The first kappa shape index (κ1) is 31.4. The number of anilines is 1. The van der Waals surface area contributed by atoms with E-state index >= 15 is 0 Å². The number of likely N-dealkylation sites (tertiary alicyclic amines) is 2. The Bertz CT molecular complexity index is 1450. The average Bonchev–Trinajstić information content (AvgIpc) is 3.49. The number of benzene rings is 2. The van der Waals surface area contributed by atoms with Crippen molar-refractivity contribution in [3.63, 3.8) is 0 Å². The fourth-order valence-corrected chi connectivity index (χ4v) is 7.22. The van der Waals surface area contributed by atoms with E-state index in [9.17, 15) is 22.8 Å². The van der Waals surface area contributed by atoms with Gasteiger partial charge in [0.1, 0.15) is 10.9 Å². The highest BCUT2D eigenvalue weighted by molar-refractivity contribution is 7.89. The zero-order chi connectivity index (χ0) is 30.3. The average molecular weight is 645 g/mol. The molecular weight excluding hydrogens is 613 g/mol. The summed E-state index contributed by atoms with van der Waals surface area (Å²) in [5.41, 5.74) is -0.0658. The molecule has 0 saturated carbocycles. The highest BCUT2D eigenvalue weighted by Gasteiger charge is 2.50. The van der Waals surface area contributed by atoms with Gasteiger partial charge in [0, 0.05) is 28.8 Å². The third kappa shape index (κ3) is 7.09. The van der Waals surface area contributed by atoms with Gasteiger partial charge in [-0.1, -0.05) is 55.6 Å². The Labute approximate surface area is 254 Å². The van der Waals surface area contributed by atoms with Crippen LogP contribution in [0.2, 0.25) is 15.1 Å². The smallest absolute Gasteiger partial charge is 0.319 e. The molecule has 14 heteroatoms. The van der Waals surface area contributed by atoms with E-state index < -0.39 is 39.5 Å². The molecule has 10 nitrogen and oxygen atoms in total. The first-order chi connectivity index (χ1) is 19.1. The van der Waals surface area contributed by atoms with Crippen LogP contribution in [0.1, 0.15) is 34.1 Å². The number of hydrogen-bond donors (Lipinski definition) is 3. The Hall–Kier alpha value is -2.57. The van der Waals surface area contributed by atoms with E-state index in [4.69, 9.17) is 34.8 Å². The number of rotatable bonds is 7. The molecule has 0 radical (unpaired) electrons. The van der Waals surface area contributed by atoms with Crippen LogP contribution in [0.5, 0.6) is 0 Å². The molecular formula is C27H32Cl3N5O5S. The number of nitrogens with one attached hydrogen (secondary N) is 3. The second kappa shape index (κ2) is 12.0. The first-order valence-electron chi connectivity index (χ1n) is 13.0. The van der Waals surface area contributed by atoms with Crippen molar-refractivity contribution in [2.24, 2.45) is 5.41 Å². The van der Waals surface area contributed by atoms with Crippen LogP contribution in [0.25, 0.3) is 0 Å². The number of carbonyl (C=O) groups excluding carboxylic acids is 3. The molecule has 2 aliphatic rings. The van der Waals surface area contributed by atoms with E-state index in [1.165, 1.54) is 25.1 Å². The van der Waals surface area contributed by atoms with Crippen LogP contribution >= 0.6 is 34.8 Å².